The maximum atomic E-state index is 14.1. The highest BCUT2D eigenvalue weighted by Gasteiger charge is 2.75. The molecule has 1 saturated heterocycles. The van der Waals surface area contributed by atoms with Crippen LogP contribution in [0.4, 0.5) is 4.39 Å². The summed E-state index contributed by atoms with van der Waals surface area (Å²) in [5, 5.41) is 33.4. The zero-order valence-electron chi connectivity index (χ0n) is 17.5. The third-order valence-electron chi connectivity index (χ3n) is 5.71. The smallest absolute Gasteiger partial charge is 0.220 e. The summed E-state index contributed by atoms with van der Waals surface area (Å²) in [6, 6.07) is 9.09. The monoisotopic (exact) mass is 463 g/mol. The van der Waals surface area contributed by atoms with Gasteiger partial charge in [-0.05, 0) is 50.6 Å². The third kappa shape index (κ3) is 3.43. The molecule has 10 heteroatoms. The van der Waals surface area contributed by atoms with E-state index >= 15 is 0 Å². The number of nitrogens with zero attached hydrogens (tertiary/aromatic N) is 1. The molecule has 0 aliphatic carbocycles. The van der Waals surface area contributed by atoms with Crippen molar-refractivity contribution in [3.05, 3.63) is 48.5 Å². The first-order valence-electron chi connectivity index (χ1n) is 9.59. The summed E-state index contributed by atoms with van der Waals surface area (Å²) in [6.45, 7) is 2.72. The molecule has 32 heavy (non-hydrogen) atoms. The molecule has 3 N–H and O–H groups in total. The highest BCUT2D eigenvalue weighted by atomic mass is 32.2. The van der Waals surface area contributed by atoms with Crippen molar-refractivity contribution in [1.29, 1.82) is 0 Å². The van der Waals surface area contributed by atoms with Gasteiger partial charge in [0.25, 0.3) is 0 Å². The zero-order valence-corrected chi connectivity index (χ0v) is 18.4. The minimum absolute atomic E-state index is 0.0853. The normalized spacial score (nSPS) is 29.9. The zero-order chi connectivity index (χ0) is 23.9. The van der Waals surface area contributed by atoms with Crippen LogP contribution in [-0.2, 0) is 14.4 Å². The van der Waals surface area contributed by atoms with Crippen molar-refractivity contribution in [1.82, 2.24) is 4.98 Å². The number of pyridine rings is 1. The van der Waals surface area contributed by atoms with Gasteiger partial charge in [-0.25, -0.2) is 4.98 Å². The number of halogens is 1. The standard InChI is InChI=1S/C22H22FNO7S/c1-12(25)20(28)11-32-19(21(29,13(2)26)22(20,30)14(3)27)31-16-7-4-6-15(10-16)17-8-5-9-24-18(17)23/h4-10,19,28-30H,11H2,1-3H3/t19-,20-,21-,22-/m0/s1. The van der Waals surface area contributed by atoms with E-state index in [1.807, 2.05) is 0 Å². The lowest BCUT2D eigenvalue weighted by atomic mass is 9.65. The van der Waals surface area contributed by atoms with Crippen molar-refractivity contribution in [3.63, 3.8) is 0 Å². The Morgan fingerprint density at radius 3 is 2.31 bits per heavy atom. The molecule has 4 atom stereocenters. The number of thioether (sulfide) groups is 1. The number of aromatic nitrogens is 1. The quantitative estimate of drug-likeness (QED) is 0.542. The Labute approximate surface area is 187 Å². The molecule has 1 aliphatic heterocycles. The number of benzene rings is 1. The maximum absolute atomic E-state index is 14.1. The van der Waals surface area contributed by atoms with Gasteiger partial charge in [0.2, 0.25) is 11.5 Å². The van der Waals surface area contributed by atoms with Gasteiger partial charge in [-0.2, -0.15) is 4.39 Å². The lowest BCUT2D eigenvalue weighted by molar-refractivity contribution is -0.235. The van der Waals surface area contributed by atoms with Gasteiger partial charge in [0.15, 0.2) is 34.0 Å². The van der Waals surface area contributed by atoms with Gasteiger partial charge in [-0.15, -0.1) is 11.8 Å². The molecule has 8 nitrogen and oxygen atoms in total. The molecule has 0 amide bonds. The summed E-state index contributed by atoms with van der Waals surface area (Å²) in [4.78, 5) is 40.8. The second-order valence-electron chi connectivity index (χ2n) is 7.64. The first-order valence-corrected chi connectivity index (χ1v) is 10.6. The van der Waals surface area contributed by atoms with Gasteiger partial charge < -0.3 is 20.1 Å². The van der Waals surface area contributed by atoms with Gasteiger partial charge in [0.05, 0.1) is 0 Å². The molecule has 1 aliphatic rings. The average molecular weight is 463 g/mol. The number of ether oxygens (including phenoxy) is 1. The second-order valence-corrected chi connectivity index (χ2v) is 8.69. The first kappa shape index (κ1) is 24.0. The summed E-state index contributed by atoms with van der Waals surface area (Å²) in [6.07, 6.45) is 1.30. The van der Waals surface area contributed by atoms with Crippen molar-refractivity contribution in [2.24, 2.45) is 0 Å². The number of ketones is 3. The summed E-state index contributed by atoms with van der Waals surface area (Å²) in [7, 11) is 0. The van der Waals surface area contributed by atoms with E-state index in [-0.39, 0.29) is 11.3 Å². The SMILES string of the molecule is CC(=O)[C@]1(O)[C@@](O)(C(C)=O)CS[C@H](Oc2cccc(-c3cccnc3F)c2)[C@@]1(O)C(C)=O. The average Bonchev–Trinajstić information content (AvgIpc) is 2.74. The van der Waals surface area contributed by atoms with E-state index in [9.17, 15) is 34.1 Å². The van der Waals surface area contributed by atoms with E-state index < -0.39 is 51.3 Å². The Morgan fingerprint density at radius 1 is 1.06 bits per heavy atom. The van der Waals surface area contributed by atoms with E-state index in [4.69, 9.17) is 4.74 Å². The van der Waals surface area contributed by atoms with Crippen molar-refractivity contribution < 1.29 is 38.8 Å². The highest BCUT2D eigenvalue weighted by Crippen LogP contribution is 2.49. The molecule has 0 spiro atoms. The Kier molecular flexibility index (Phi) is 6.27. The van der Waals surface area contributed by atoms with Crippen LogP contribution in [-0.4, -0.2) is 65.6 Å². The van der Waals surface area contributed by atoms with Crippen molar-refractivity contribution >= 4 is 29.1 Å². The minimum atomic E-state index is -3.15. The molecule has 0 bridgehead atoms. The molecule has 1 aromatic carbocycles. The van der Waals surface area contributed by atoms with Crippen molar-refractivity contribution in [3.8, 4) is 16.9 Å². The van der Waals surface area contributed by atoms with Crippen LogP contribution in [0.15, 0.2) is 42.6 Å². The van der Waals surface area contributed by atoms with Crippen LogP contribution < -0.4 is 4.74 Å². The predicted molar refractivity (Wildman–Crippen MR) is 113 cm³/mol. The molecule has 0 unspecified atom stereocenters. The van der Waals surface area contributed by atoms with Crippen LogP contribution in [0, 0.1) is 5.95 Å². The lowest BCUT2D eigenvalue weighted by Crippen LogP contribution is -2.82. The van der Waals surface area contributed by atoms with Crippen LogP contribution in [0.25, 0.3) is 11.1 Å². The molecular weight excluding hydrogens is 441 g/mol. The van der Waals surface area contributed by atoms with Crippen LogP contribution in [0.3, 0.4) is 0 Å². The molecule has 0 radical (unpaired) electrons. The van der Waals surface area contributed by atoms with Gasteiger partial charge in [-0.1, -0.05) is 12.1 Å². The van der Waals surface area contributed by atoms with Gasteiger partial charge in [0.1, 0.15) is 5.75 Å². The molecule has 3 rings (SSSR count). The Morgan fingerprint density at radius 2 is 1.75 bits per heavy atom. The lowest BCUT2D eigenvalue weighted by Gasteiger charge is -2.54. The fraction of sp³-hybridized carbons (Fsp3) is 0.364. The third-order valence-corrected chi connectivity index (χ3v) is 7.04. The highest BCUT2D eigenvalue weighted by molar-refractivity contribution is 8.00. The molecule has 2 heterocycles. The molecular formula is C22H22FNO7S. The van der Waals surface area contributed by atoms with E-state index in [1.165, 1.54) is 24.4 Å². The fourth-order valence-corrected chi connectivity index (χ4v) is 5.39. The molecule has 170 valence electrons. The fourth-order valence-electron chi connectivity index (χ4n) is 3.83. The largest absolute Gasteiger partial charge is 0.476 e. The number of hydrogen-bond donors (Lipinski definition) is 3. The number of carbonyl (C=O) groups is 3. The molecule has 1 aromatic heterocycles. The number of Topliss-reactive ketones (excluding diaryl/α,β-unsaturated/α-hetero) is 3. The Hall–Kier alpha value is -2.66. The van der Waals surface area contributed by atoms with Crippen LogP contribution in [0.2, 0.25) is 0 Å². The number of hydrogen-bond acceptors (Lipinski definition) is 9. The van der Waals surface area contributed by atoms with Gasteiger partial charge in [-0.3, -0.25) is 14.4 Å². The molecule has 0 saturated carbocycles. The van der Waals surface area contributed by atoms with E-state index in [2.05, 4.69) is 4.98 Å². The summed E-state index contributed by atoms with van der Waals surface area (Å²) >= 11 is 0.691. The number of rotatable bonds is 6. The molecule has 2 aromatic rings. The van der Waals surface area contributed by atoms with E-state index in [0.717, 1.165) is 20.8 Å². The minimum Gasteiger partial charge on any atom is -0.476 e. The van der Waals surface area contributed by atoms with Gasteiger partial charge >= 0.3 is 0 Å². The van der Waals surface area contributed by atoms with Crippen molar-refractivity contribution in [2.45, 2.75) is 43.0 Å². The van der Waals surface area contributed by atoms with Crippen molar-refractivity contribution in [2.75, 3.05) is 5.75 Å². The summed E-state index contributed by atoms with van der Waals surface area (Å²) < 4.78 is 19.8. The Balaban J connectivity index is 2.07. The first-order chi connectivity index (χ1) is 14.9. The van der Waals surface area contributed by atoms with Crippen LogP contribution >= 0.6 is 11.8 Å². The van der Waals surface area contributed by atoms with Gasteiger partial charge in [0, 0.05) is 17.5 Å². The number of carbonyl (C=O) groups excluding carboxylic acids is 3. The molecule has 1 fully saturated rings. The summed E-state index contributed by atoms with van der Waals surface area (Å²) in [5.41, 5.74) is -9.82. The number of aliphatic hydroxyl groups is 3. The van der Waals surface area contributed by atoms with Crippen LogP contribution in [0.1, 0.15) is 20.8 Å². The van der Waals surface area contributed by atoms with E-state index in [1.54, 1.807) is 18.2 Å². The maximum Gasteiger partial charge on any atom is 0.220 e. The van der Waals surface area contributed by atoms with E-state index in [0.29, 0.717) is 17.3 Å². The second kappa shape index (κ2) is 8.36. The Bertz CT molecular complexity index is 1100. The summed E-state index contributed by atoms with van der Waals surface area (Å²) in [5.74, 6) is -4.39. The topological polar surface area (TPSA) is 134 Å². The van der Waals surface area contributed by atoms with Crippen LogP contribution in [0.5, 0.6) is 5.75 Å². The predicted octanol–water partition coefficient (Wildman–Crippen LogP) is 1.30.